The molecule has 0 bridgehead atoms. The largest absolute Gasteiger partial charge is 0.376 e. The van der Waals surface area contributed by atoms with Gasteiger partial charge >= 0.3 is 6.03 Å². The number of amides is 2. The van der Waals surface area contributed by atoms with Crippen molar-refractivity contribution in [3.63, 3.8) is 0 Å². The van der Waals surface area contributed by atoms with Crippen molar-refractivity contribution in [1.29, 1.82) is 0 Å². The highest BCUT2D eigenvalue weighted by molar-refractivity contribution is 7.99. The van der Waals surface area contributed by atoms with Crippen molar-refractivity contribution >= 4 is 46.7 Å². The number of rotatable bonds is 4. The van der Waals surface area contributed by atoms with E-state index in [1.807, 2.05) is 11.8 Å². The second-order valence-electron chi connectivity index (χ2n) is 4.63. The molecule has 1 atom stereocenters. The molecule has 0 saturated carbocycles. The fourth-order valence-electron chi connectivity index (χ4n) is 1.95. The number of anilines is 1. The van der Waals surface area contributed by atoms with E-state index in [2.05, 4.69) is 10.6 Å². The predicted molar refractivity (Wildman–Crippen MR) is 85.2 cm³/mol. The molecule has 1 aliphatic rings. The zero-order valence-electron chi connectivity index (χ0n) is 11.0. The van der Waals surface area contributed by atoms with E-state index in [0.717, 1.165) is 17.9 Å². The lowest BCUT2D eigenvalue weighted by molar-refractivity contribution is 0.0161. The SMILES string of the molecule is COC1(CNC(=O)Nc2ccc(Cl)c(Cl)c2)CCSC1. The number of thioether (sulfide) groups is 1. The zero-order chi connectivity index (χ0) is 14.6. The quantitative estimate of drug-likeness (QED) is 0.883. The summed E-state index contributed by atoms with van der Waals surface area (Å²) < 4.78 is 5.53. The van der Waals surface area contributed by atoms with E-state index in [1.165, 1.54) is 0 Å². The number of urea groups is 1. The highest BCUT2D eigenvalue weighted by Crippen LogP contribution is 2.30. The first kappa shape index (κ1) is 15.8. The summed E-state index contributed by atoms with van der Waals surface area (Å²) in [7, 11) is 1.68. The van der Waals surface area contributed by atoms with Crippen molar-refractivity contribution in [3.8, 4) is 0 Å². The Morgan fingerprint density at radius 1 is 1.45 bits per heavy atom. The van der Waals surface area contributed by atoms with Crippen LogP contribution in [0.5, 0.6) is 0 Å². The number of methoxy groups -OCH3 is 1. The molecular formula is C13H16Cl2N2O2S. The Labute approximate surface area is 132 Å². The van der Waals surface area contributed by atoms with E-state index in [9.17, 15) is 4.79 Å². The number of carbonyl (C=O) groups excluding carboxylic acids is 1. The Balaban J connectivity index is 1.87. The molecule has 110 valence electrons. The van der Waals surface area contributed by atoms with Crippen LogP contribution in [0, 0.1) is 0 Å². The number of hydrogen-bond donors (Lipinski definition) is 2. The first-order chi connectivity index (χ1) is 9.54. The van der Waals surface area contributed by atoms with Crippen molar-refractivity contribution in [2.45, 2.75) is 12.0 Å². The van der Waals surface area contributed by atoms with Crippen LogP contribution in [0.15, 0.2) is 18.2 Å². The van der Waals surface area contributed by atoms with Crippen LogP contribution >= 0.6 is 35.0 Å². The summed E-state index contributed by atoms with van der Waals surface area (Å²) in [5.74, 6) is 1.96. The molecule has 1 unspecified atom stereocenters. The summed E-state index contributed by atoms with van der Waals surface area (Å²) in [6.45, 7) is 0.490. The maximum Gasteiger partial charge on any atom is 0.319 e. The third-order valence-corrected chi connectivity index (χ3v) is 5.21. The second-order valence-corrected chi connectivity index (χ2v) is 6.55. The summed E-state index contributed by atoms with van der Waals surface area (Å²) >= 11 is 13.6. The van der Waals surface area contributed by atoms with Gasteiger partial charge in [0.15, 0.2) is 0 Å². The van der Waals surface area contributed by atoms with Crippen LogP contribution in [0.25, 0.3) is 0 Å². The lowest BCUT2D eigenvalue weighted by Gasteiger charge is -2.26. The average Bonchev–Trinajstić information content (AvgIpc) is 2.90. The monoisotopic (exact) mass is 334 g/mol. The standard InChI is InChI=1S/C13H16Cl2N2O2S/c1-19-13(4-5-20-8-13)7-16-12(18)17-9-2-3-10(14)11(15)6-9/h2-3,6H,4-5,7-8H2,1H3,(H2,16,17,18). The first-order valence-electron chi connectivity index (χ1n) is 6.17. The van der Waals surface area contributed by atoms with E-state index >= 15 is 0 Å². The van der Waals surface area contributed by atoms with Crippen LogP contribution in [0.3, 0.4) is 0 Å². The number of benzene rings is 1. The molecule has 0 spiro atoms. The number of halogens is 2. The fraction of sp³-hybridized carbons (Fsp3) is 0.462. The molecular weight excluding hydrogens is 319 g/mol. The van der Waals surface area contributed by atoms with E-state index in [4.69, 9.17) is 27.9 Å². The fourth-order valence-corrected chi connectivity index (χ4v) is 3.65. The molecule has 1 aromatic rings. The number of hydrogen-bond acceptors (Lipinski definition) is 3. The minimum absolute atomic E-state index is 0.250. The van der Waals surface area contributed by atoms with Crippen LogP contribution in [-0.2, 0) is 4.74 Å². The molecule has 2 amide bonds. The molecule has 1 saturated heterocycles. The molecule has 7 heteroatoms. The molecule has 4 nitrogen and oxygen atoms in total. The van der Waals surface area contributed by atoms with Crippen LogP contribution in [-0.4, -0.2) is 36.8 Å². The summed E-state index contributed by atoms with van der Waals surface area (Å²) in [6.07, 6.45) is 0.946. The molecule has 1 fully saturated rings. The van der Waals surface area contributed by atoms with Gasteiger partial charge in [0.1, 0.15) is 0 Å². The summed E-state index contributed by atoms with van der Waals surface area (Å²) in [6, 6.07) is 4.67. The topological polar surface area (TPSA) is 50.4 Å². The number of carbonyl (C=O) groups is 1. The van der Waals surface area contributed by atoms with Gasteiger partial charge in [0, 0.05) is 25.1 Å². The summed E-state index contributed by atoms with van der Waals surface area (Å²) in [5.41, 5.74) is 0.351. The first-order valence-corrected chi connectivity index (χ1v) is 8.08. The Kier molecular flexibility index (Phi) is 5.43. The van der Waals surface area contributed by atoms with Crippen molar-refractivity contribution in [1.82, 2.24) is 5.32 Å². The third-order valence-electron chi connectivity index (χ3n) is 3.25. The normalized spacial score (nSPS) is 21.8. The van der Waals surface area contributed by atoms with Gasteiger partial charge in [0.2, 0.25) is 0 Å². The molecule has 0 aliphatic carbocycles. The number of nitrogens with one attached hydrogen (secondary N) is 2. The van der Waals surface area contributed by atoms with E-state index in [0.29, 0.717) is 22.3 Å². The Bertz CT molecular complexity index is 493. The van der Waals surface area contributed by atoms with E-state index in [-0.39, 0.29) is 11.6 Å². The zero-order valence-corrected chi connectivity index (χ0v) is 13.4. The molecule has 1 aromatic carbocycles. The molecule has 1 aliphatic heterocycles. The summed E-state index contributed by atoms with van der Waals surface area (Å²) in [4.78, 5) is 11.9. The minimum Gasteiger partial charge on any atom is -0.376 e. The minimum atomic E-state index is -0.281. The van der Waals surface area contributed by atoms with Gasteiger partial charge in [-0.2, -0.15) is 11.8 Å². The molecule has 0 radical (unpaired) electrons. The van der Waals surface area contributed by atoms with Crippen molar-refractivity contribution in [2.75, 3.05) is 30.5 Å². The van der Waals surface area contributed by atoms with Gasteiger partial charge in [-0.25, -0.2) is 4.79 Å². The Morgan fingerprint density at radius 2 is 2.25 bits per heavy atom. The highest BCUT2D eigenvalue weighted by Gasteiger charge is 2.34. The Hall–Kier alpha value is -0.620. The average molecular weight is 335 g/mol. The van der Waals surface area contributed by atoms with Gasteiger partial charge in [0.05, 0.1) is 15.6 Å². The van der Waals surface area contributed by atoms with Crippen molar-refractivity contribution in [2.24, 2.45) is 0 Å². The van der Waals surface area contributed by atoms with Crippen LogP contribution in [0.1, 0.15) is 6.42 Å². The van der Waals surface area contributed by atoms with E-state index in [1.54, 1.807) is 25.3 Å². The van der Waals surface area contributed by atoms with Gasteiger partial charge in [-0.3, -0.25) is 0 Å². The molecule has 2 rings (SSSR count). The molecule has 1 heterocycles. The van der Waals surface area contributed by atoms with Gasteiger partial charge in [-0.15, -0.1) is 0 Å². The molecule has 2 N–H and O–H groups in total. The lowest BCUT2D eigenvalue weighted by Crippen LogP contribution is -2.45. The van der Waals surface area contributed by atoms with Gasteiger partial charge in [0.25, 0.3) is 0 Å². The van der Waals surface area contributed by atoms with Crippen LogP contribution in [0.4, 0.5) is 10.5 Å². The smallest absolute Gasteiger partial charge is 0.319 e. The highest BCUT2D eigenvalue weighted by atomic mass is 35.5. The lowest BCUT2D eigenvalue weighted by atomic mass is 10.0. The van der Waals surface area contributed by atoms with Gasteiger partial charge in [-0.05, 0) is 30.4 Å². The van der Waals surface area contributed by atoms with Gasteiger partial charge in [-0.1, -0.05) is 23.2 Å². The summed E-state index contributed by atoms with van der Waals surface area (Å²) in [5, 5.41) is 6.42. The predicted octanol–water partition coefficient (Wildman–Crippen LogP) is 3.64. The van der Waals surface area contributed by atoms with E-state index < -0.39 is 0 Å². The Morgan fingerprint density at radius 3 is 2.85 bits per heavy atom. The molecule has 20 heavy (non-hydrogen) atoms. The third kappa shape index (κ3) is 3.95. The maximum atomic E-state index is 11.9. The maximum absolute atomic E-state index is 11.9. The second kappa shape index (κ2) is 6.89. The molecule has 0 aromatic heterocycles. The van der Waals surface area contributed by atoms with Crippen molar-refractivity contribution in [3.05, 3.63) is 28.2 Å². The van der Waals surface area contributed by atoms with Crippen LogP contribution in [0.2, 0.25) is 10.0 Å². The van der Waals surface area contributed by atoms with Crippen LogP contribution < -0.4 is 10.6 Å². The van der Waals surface area contributed by atoms with Gasteiger partial charge < -0.3 is 15.4 Å². The van der Waals surface area contributed by atoms with Crippen molar-refractivity contribution < 1.29 is 9.53 Å². The number of ether oxygens (including phenoxy) is 1.